The molecule has 2 aliphatic rings. The predicted molar refractivity (Wildman–Crippen MR) is 110 cm³/mol. The summed E-state index contributed by atoms with van der Waals surface area (Å²) in [5, 5.41) is 1.39. The molecule has 2 N–H and O–H groups in total. The van der Waals surface area contributed by atoms with Gasteiger partial charge in [-0.1, -0.05) is 29.8 Å². The number of nitrogens with zero attached hydrogens (tertiary/aromatic N) is 2. The minimum Gasteiger partial charge on any atom is -0.368 e. The second-order valence-corrected chi connectivity index (χ2v) is 8.69. The molecule has 1 fully saturated rings. The van der Waals surface area contributed by atoms with E-state index in [1.165, 1.54) is 60.1 Å². The van der Waals surface area contributed by atoms with Crippen LogP contribution in [0.25, 0.3) is 10.9 Å². The molecular weight excluding hydrogens is 390 g/mol. The van der Waals surface area contributed by atoms with Gasteiger partial charge in [-0.3, -0.25) is 9.69 Å². The van der Waals surface area contributed by atoms with Gasteiger partial charge in [0.2, 0.25) is 5.91 Å². The third-order valence-corrected chi connectivity index (χ3v) is 6.70. The van der Waals surface area contributed by atoms with Gasteiger partial charge in [0.25, 0.3) is 0 Å². The first-order chi connectivity index (χ1) is 12.5. The fourth-order valence-electron chi connectivity index (χ4n) is 5.40. The third-order valence-electron chi connectivity index (χ3n) is 6.25. The molecule has 0 radical (unpaired) electrons. The highest BCUT2D eigenvalue weighted by Gasteiger charge is 2.39. The predicted octanol–water partition coefficient (Wildman–Crippen LogP) is 3.97. The highest BCUT2D eigenvalue weighted by molar-refractivity contribution is 9.10. The summed E-state index contributed by atoms with van der Waals surface area (Å²) in [6, 6.07) is 5.08. The van der Waals surface area contributed by atoms with E-state index in [0.29, 0.717) is 12.0 Å². The van der Waals surface area contributed by atoms with Crippen molar-refractivity contribution in [1.29, 1.82) is 0 Å². The Bertz CT molecular complexity index is 855. The van der Waals surface area contributed by atoms with Crippen molar-refractivity contribution < 1.29 is 4.79 Å². The second kappa shape index (κ2) is 7.01. The van der Waals surface area contributed by atoms with E-state index in [1.54, 1.807) is 0 Å². The Morgan fingerprint density at radius 3 is 2.85 bits per heavy atom. The van der Waals surface area contributed by atoms with Crippen molar-refractivity contribution in [2.75, 3.05) is 13.1 Å². The molecule has 0 spiro atoms. The molecule has 1 aromatic carbocycles. The highest BCUT2D eigenvalue weighted by Crippen LogP contribution is 2.46. The average molecular weight is 418 g/mol. The molecule has 5 heteroatoms. The van der Waals surface area contributed by atoms with Crippen LogP contribution in [-0.4, -0.2) is 34.5 Å². The van der Waals surface area contributed by atoms with Gasteiger partial charge in [-0.2, -0.15) is 0 Å². The summed E-state index contributed by atoms with van der Waals surface area (Å²) in [4.78, 5) is 14.4. The molecule has 1 aromatic heterocycles. The number of hydrogen-bond acceptors (Lipinski definition) is 2. The lowest BCUT2D eigenvalue weighted by molar-refractivity contribution is -0.118. The Kier molecular flexibility index (Phi) is 4.86. The lowest BCUT2D eigenvalue weighted by Gasteiger charge is -2.44. The van der Waals surface area contributed by atoms with E-state index < -0.39 is 0 Å². The molecule has 1 aliphatic carbocycles. The molecule has 4 nitrogen and oxygen atoms in total. The maximum atomic E-state index is 11.7. The molecule has 140 valence electrons. The van der Waals surface area contributed by atoms with Gasteiger partial charge < -0.3 is 10.3 Å². The van der Waals surface area contributed by atoms with E-state index in [1.807, 2.05) is 0 Å². The van der Waals surface area contributed by atoms with E-state index in [9.17, 15) is 4.79 Å². The number of benzene rings is 1. The van der Waals surface area contributed by atoms with E-state index in [2.05, 4.69) is 51.4 Å². The first kappa shape index (κ1) is 18.1. The van der Waals surface area contributed by atoms with Gasteiger partial charge in [-0.25, -0.2) is 0 Å². The molecule has 2 atom stereocenters. The van der Waals surface area contributed by atoms with Crippen LogP contribution in [0.15, 0.2) is 16.6 Å². The van der Waals surface area contributed by atoms with Crippen molar-refractivity contribution in [3.8, 4) is 0 Å². The first-order valence-corrected chi connectivity index (χ1v) is 10.7. The maximum Gasteiger partial charge on any atom is 0.237 e. The number of hydrogen-bond donors (Lipinski definition) is 1. The smallest absolute Gasteiger partial charge is 0.237 e. The Labute approximate surface area is 163 Å². The number of carbonyl (C=O) groups excluding carboxylic acids is 1. The monoisotopic (exact) mass is 417 g/mol. The number of primary amides is 1. The number of rotatable bonds is 5. The minimum atomic E-state index is -0.269. The van der Waals surface area contributed by atoms with Crippen molar-refractivity contribution >= 4 is 32.7 Å². The van der Waals surface area contributed by atoms with Gasteiger partial charge >= 0.3 is 0 Å². The van der Waals surface area contributed by atoms with Gasteiger partial charge in [-0.05, 0) is 68.5 Å². The van der Waals surface area contributed by atoms with Crippen molar-refractivity contribution in [2.24, 2.45) is 5.73 Å². The van der Waals surface area contributed by atoms with Crippen molar-refractivity contribution in [1.82, 2.24) is 9.47 Å². The third kappa shape index (κ3) is 2.80. The van der Waals surface area contributed by atoms with Crippen LogP contribution in [0.2, 0.25) is 0 Å². The normalized spacial score (nSPS) is 22.6. The van der Waals surface area contributed by atoms with Crippen LogP contribution in [0.3, 0.4) is 0 Å². The largest absolute Gasteiger partial charge is 0.368 e. The molecular formula is C21H28BrN3O. The summed E-state index contributed by atoms with van der Waals surface area (Å²) >= 11 is 3.72. The number of nitrogens with two attached hydrogens (primary N) is 1. The van der Waals surface area contributed by atoms with E-state index in [4.69, 9.17) is 5.73 Å². The van der Waals surface area contributed by atoms with Crippen molar-refractivity contribution in [3.05, 3.63) is 33.4 Å². The molecule has 0 saturated carbocycles. The molecule has 0 bridgehead atoms. The number of aromatic nitrogens is 1. The zero-order valence-electron chi connectivity index (χ0n) is 15.7. The lowest BCUT2D eigenvalue weighted by atomic mass is 9.74. The Morgan fingerprint density at radius 1 is 1.35 bits per heavy atom. The summed E-state index contributed by atoms with van der Waals surface area (Å²) in [5.74, 6) is 0.325. The number of carbonyl (C=O) groups is 1. The summed E-state index contributed by atoms with van der Waals surface area (Å²) in [7, 11) is 0. The molecule has 2 heterocycles. The number of fused-ring (bicyclic) bond motifs is 2. The molecule has 4 rings (SSSR count). The molecule has 26 heavy (non-hydrogen) atoms. The number of halogens is 1. The van der Waals surface area contributed by atoms with Gasteiger partial charge in [0.05, 0.1) is 5.52 Å². The van der Waals surface area contributed by atoms with Crippen LogP contribution in [0.4, 0.5) is 0 Å². The average Bonchev–Trinajstić information content (AvgIpc) is 2.88. The zero-order chi connectivity index (χ0) is 18.4. The van der Waals surface area contributed by atoms with Gasteiger partial charge in [0, 0.05) is 27.5 Å². The Hall–Kier alpha value is -1.33. The topological polar surface area (TPSA) is 51.3 Å². The molecule has 1 saturated heterocycles. The molecule has 1 aliphatic heterocycles. The molecule has 1 amide bonds. The molecule has 0 unspecified atom stereocenters. The number of piperidine rings is 1. The SMILES string of the molecule is CCCN1CCC[C@@H]2c3cc(Br)cc4c3c(c(CC)n4CC(N)=O)C[C@H]21. The van der Waals surface area contributed by atoms with Crippen LogP contribution in [0.1, 0.15) is 55.8 Å². The summed E-state index contributed by atoms with van der Waals surface area (Å²) in [5.41, 5.74) is 11.0. The summed E-state index contributed by atoms with van der Waals surface area (Å²) < 4.78 is 3.27. The van der Waals surface area contributed by atoms with Crippen molar-refractivity contribution in [2.45, 2.75) is 64.5 Å². The van der Waals surface area contributed by atoms with Crippen LogP contribution in [0.5, 0.6) is 0 Å². The standard InChI is InChI=1S/C21H28BrN3O/c1-3-7-24-8-5-6-14-15-9-13(22)10-19-21(15)16(11-18(14)24)17(4-2)25(19)12-20(23)26/h9-10,14,18H,3-8,11-12H2,1-2H3,(H2,23,26)/t14-,18-/m1/s1. The summed E-state index contributed by atoms with van der Waals surface area (Å²) in [6.45, 7) is 7.12. The Balaban J connectivity index is 1.94. The van der Waals surface area contributed by atoms with E-state index >= 15 is 0 Å². The number of amides is 1. The van der Waals surface area contributed by atoms with Crippen LogP contribution >= 0.6 is 15.9 Å². The zero-order valence-corrected chi connectivity index (χ0v) is 17.3. The van der Waals surface area contributed by atoms with Crippen LogP contribution < -0.4 is 5.73 Å². The first-order valence-electron chi connectivity index (χ1n) is 9.90. The van der Waals surface area contributed by atoms with E-state index in [-0.39, 0.29) is 12.5 Å². The van der Waals surface area contributed by atoms with Crippen LogP contribution in [-0.2, 0) is 24.2 Å². The summed E-state index contributed by atoms with van der Waals surface area (Å²) in [6.07, 6.45) is 5.77. The van der Waals surface area contributed by atoms with E-state index in [0.717, 1.165) is 17.3 Å². The number of likely N-dealkylation sites (tertiary alicyclic amines) is 1. The minimum absolute atomic E-state index is 0.267. The lowest BCUT2D eigenvalue weighted by Crippen LogP contribution is -2.47. The van der Waals surface area contributed by atoms with Gasteiger partial charge in [0.1, 0.15) is 6.54 Å². The van der Waals surface area contributed by atoms with Crippen molar-refractivity contribution in [3.63, 3.8) is 0 Å². The fraction of sp³-hybridized carbons (Fsp3) is 0.571. The highest BCUT2D eigenvalue weighted by atomic mass is 79.9. The molecule has 2 aromatic rings. The van der Waals surface area contributed by atoms with Gasteiger partial charge in [0.15, 0.2) is 0 Å². The van der Waals surface area contributed by atoms with Gasteiger partial charge in [-0.15, -0.1) is 0 Å². The second-order valence-electron chi connectivity index (χ2n) is 7.78. The Morgan fingerprint density at radius 2 is 2.15 bits per heavy atom. The fourth-order valence-corrected chi connectivity index (χ4v) is 5.86. The maximum absolute atomic E-state index is 11.7. The quantitative estimate of drug-likeness (QED) is 0.799. The van der Waals surface area contributed by atoms with Crippen LogP contribution in [0, 0.1) is 0 Å².